The van der Waals surface area contributed by atoms with Crippen LogP contribution >= 0.6 is 11.8 Å². The zero-order chi connectivity index (χ0) is 23.9. The highest BCUT2D eigenvalue weighted by Crippen LogP contribution is 2.42. The van der Waals surface area contributed by atoms with Gasteiger partial charge in [0, 0.05) is 10.5 Å². The highest BCUT2D eigenvalue weighted by atomic mass is 32.2. The molecule has 1 unspecified atom stereocenters. The van der Waals surface area contributed by atoms with Crippen molar-refractivity contribution in [1.29, 1.82) is 0 Å². The van der Waals surface area contributed by atoms with Crippen molar-refractivity contribution in [3.05, 3.63) is 102 Å². The molecule has 0 spiro atoms. The Balaban J connectivity index is 1.34. The number of aliphatic hydroxyl groups excluding tert-OH is 1. The molecule has 0 radical (unpaired) electrons. The number of fused-ring (bicyclic) bond motifs is 2. The van der Waals surface area contributed by atoms with Gasteiger partial charge in [0.05, 0.1) is 17.7 Å². The monoisotopic (exact) mass is 489 g/mol. The minimum atomic E-state index is -1.17. The van der Waals surface area contributed by atoms with E-state index in [-0.39, 0.29) is 6.61 Å². The SMILES string of the molecule is O=C1c2ccccc2C(=O)N1[C@@H]1[C@@H](O)[C@@H]2OC(c3ccccc3)OC[C@H]2O[C@H]1Sc1ccccc1. The minimum Gasteiger partial charge on any atom is -0.388 e. The Morgan fingerprint density at radius 2 is 1.40 bits per heavy atom. The van der Waals surface area contributed by atoms with E-state index in [9.17, 15) is 14.7 Å². The van der Waals surface area contributed by atoms with Crippen LogP contribution in [0.25, 0.3) is 0 Å². The summed E-state index contributed by atoms with van der Waals surface area (Å²) in [6.07, 6.45) is -3.20. The standard InChI is InChI=1S/C27H23NO6S/c29-22-21(28-24(30)18-13-7-8-14-19(18)25(28)31)27(35-17-11-5-2-6-12-17)33-20-15-32-26(34-23(20)22)16-9-3-1-4-10-16/h1-14,20-23,26-27,29H,15H2/t20-,21-,22-,23-,26?,27+/m1/s1. The second-order valence-electron chi connectivity index (χ2n) is 8.66. The summed E-state index contributed by atoms with van der Waals surface area (Å²) in [6, 6.07) is 24.7. The van der Waals surface area contributed by atoms with Gasteiger partial charge in [-0.1, -0.05) is 72.4 Å². The highest BCUT2D eigenvalue weighted by Gasteiger charge is 2.55. The third-order valence-electron chi connectivity index (χ3n) is 6.52. The number of aliphatic hydroxyl groups is 1. The van der Waals surface area contributed by atoms with Crippen molar-refractivity contribution in [3.8, 4) is 0 Å². The average Bonchev–Trinajstić information content (AvgIpc) is 3.15. The molecule has 3 aliphatic heterocycles. The first-order valence-electron chi connectivity index (χ1n) is 11.5. The van der Waals surface area contributed by atoms with E-state index in [0.29, 0.717) is 11.1 Å². The Morgan fingerprint density at radius 3 is 2.06 bits per heavy atom. The number of carbonyl (C=O) groups excluding carboxylic acids is 2. The molecular weight excluding hydrogens is 466 g/mol. The third kappa shape index (κ3) is 3.97. The fraction of sp³-hybridized carbons (Fsp3) is 0.259. The maximum absolute atomic E-state index is 13.4. The zero-order valence-electron chi connectivity index (χ0n) is 18.6. The lowest BCUT2D eigenvalue weighted by atomic mass is 9.95. The third-order valence-corrected chi connectivity index (χ3v) is 7.69. The number of imide groups is 1. The lowest BCUT2D eigenvalue weighted by Gasteiger charge is -2.49. The van der Waals surface area contributed by atoms with Crippen LogP contribution < -0.4 is 0 Å². The number of benzene rings is 3. The molecule has 0 aliphatic carbocycles. The predicted octanol–water partition coefficient (Wildman–Crippen LogP) is 3.64. The maximum Gasteiger partial charge on any atom is 0.262 e. The van der Waals surface area contributed by atoms with Gasteiger partial charge in [-0.2, -0.15) is 0 Å². The number of hydrogen-bond donors (Lipinski definition) is 1. The Kier molecular flexibility index (Phi) is 5.91. The lowest BCUT2D eigenvalue weighted by Crippen LogP contribution is -2.66. The molecule has 178 valence electrons. The van der Waals surface area contributed by atoms with Crippen LogP contribution in [0.5, 0.6) is 0 Å². The molecule has 3 aliphatic rings. The second kappa shape index (κ2) is 9.22. The number of rotatable bonds is 4. The molecule has 2 fully saturated rings. The number of ether oxygens (including phenoxy) is 3. The summed E-state index contributed by atoms with van der Waals surface area (Å²) in [5.41, 5.74) is 0.753. The van der Waals surface area contributed by atoms with Crippen LogP contribution in [0.3, 0.4) is 0 Å². The quantitative estimate of drug-likeness (QED) is 0.560. The van der Waals surface area contributed by atoms with Crippen molar-refractivity contribution >= 4 is 23.6 Å². The zero-order valence-corrected chi connectivity index (χ0v) is 19.4. The smallest absolute Gasteiger partial charge is 0.262 e. The lowest BCUT2D eigenvalue weighted by molar-refractivity contribution is -0.310. The van der Waals surface area contributed by atoms with Crippen LogP contribution in [-0.2, 0) is 14.2 Å². The van der Waals surface area contributed by atoms with Gasteiger partial charge in [0.1, 0.15) is 29.8 Å². The van der Waals surface area contributed by atoms with E-state index < -0.39 is 47.9 Å². The molecule has 2 saturated heterocycles. The first kappa shape index (κ1) is 22.5. The molecule has 3 aromatic carbocycles. The van der Waals surface area contributed by atoms with Crippen LogP contribution in [0.15, 0.2) is 89.8 Å². The molecule has 7 nitrogen and oxygen atoms in total. The van der Waals surface area contributed by atoms with E-state index in [0.717, 1.165) is 15.4 Å². The van der Waals surface area contributed by atoms with Crippen molar-refractivity contribution in [3.63, 3.8) is 0 Å². The molecule has 3 heterocycles. The number of thioether (sulfide) groups is 1. The normalized spacial score (nSPS) is 30.1. The molecule has 35 heavy (non-hydrogen) atoms. The molecule has 6 atom stereocenters. The summed E-state index contributed by atoms with van der Waals surface area (Å²) in [5, 5.41) is 11.6. The molecule has 0 saturated carbocycles. The molecule has 6 rings (SSSR count). The van der Waals surface area contributed by atoms with Crippen molar-refractivity contribution in [2.75, 3.05) is 6.61 Å². The van der Waals surface area contributed by atoms with E-state index in [1.165, 1.54) is 11.8 Å². The number of hydrogen-bond acceptors (Lipinski definition) is 7. The van der Waals surface area contributed by atoms with E-state index in [4.69, 9.17) is 14.2 Å². The molecule has 2 amide bonds. The van der Waals surface area contributed by atoms with E-state index in [1.54, 1.807) is 24.3 Å². The van der Waals surface area contributed by atoms with Gasteiger partial charge < -0.3 is 19.3 Å². The van der Waals surface area contributed by atoms with Gasteiger partial charge in [0.15, 0.2) is 6.29 Å². The fourth-order valence-corrected chi connectivity index (χ4v) is 6.04. The van der Waals surface area contributed by atoms with Gasteiger partial charge in [-0.05, 0) is 24.3 Å². The summed E-state index contributed by atoms with van der Waals surface area (Å²) < 4.78 is 18.5. The topological polar surface area (TPSA) is 85.3 Å². The van der Waals surface area contributed by atoms with Crippen molar-refractivity contribution in [1.82, 2.24) is 4.90 Å². The van der Waals surface area contributed by atoms with Gasteiger partial charge >= 0.3 is 0 Å². The maximum atomic E-state index is 13.4. The van der Waals surface area contributed by atoms with Gasteiger partial charge in [-0.25, -0.2) is 0 Å². The summed E-state index contributed by atoms with van der Waals surface area (Å²) in [5.74, 6) is -0.885. The van der Waals surface area contributed by atoms with Crippen LogP contribution in [-0.4, -0.2) is 58.2 Å². The average molecular weight is 490 g/mol. The van der Waals surface area contributed by atoms with Gasteiger partial charge in [0.25, 0.3) is 11.8 Å². The molecule has 0 aromatic heterocycles. The van der Waals surface area contributed by atoms with E-state index >= 15 is 0 Å². The summed E-state index contributed by atoms with van der Waals surface area (Å²) >= 11 is 1.36. The Hall–Kier alpha value is -3.01. The summed E-state index contributed by atoms with van der Waals surface area (Å²) in [4.78, 5) is 28.8. The van der Waals surface area contributed by atoms with Gasteiger partial charge in [0.2, 0.25) is 0 Å². The molecule has 0 bridgehead atoms. The van der Waals surface area contributed by atoms with Crippen molar-refractivity contribution in [2.45, 2.75) is 41.0 Å². The van der Waals surface area contributed by atoms with Gasteiger partial charge in [-0.3, -0.25) is 14.5 Å². The molecule has 8 heteroatoms. The fourth-order valence-electron chi connectivity index (χ4n) is 4.84. The van der Waals surface area contributed by atoms with Crippen LogP contribution in [0.2, 0.25) is 0 Å². The van der Waals surface area contributed by atoms with Gasteiger partial charge in [-0.15, -0.1) is 0 Å². The highest BCUT2D eigenvalue weighted by molar-refractivity contribution is 7.99. The molecular formula is C27H23NO6S. The molecule has 3 aromatic rings. The van der Waals surface area contributed by atoms with Crippen molar-refractivity contribution < 1.29 is 28.9 Å². The van der Waals surface area contributed by atoms with E-state index in [2.05, 4.69) is 0 Å². The second-order valence-corrected chi connectivity index (χ2v) is 9.83. The summed E-state index contributed by atoms with van der Waals surface area (Å²) in [6.45, 7) is 0.210. The number of amides is 2. The van der Waals surface area contributed by atoms with Crippen LogP contribution in [0.4, 0.5) is 0 Å². The minimum absolute atomic E-state index is 0.210. The van der Waals surface area contributed by atoms with Crippen LogP contribution in [0, 0.1) is 0 Å². The Morgan fingerprint density at radius 1 is 0.800 bits per heavy atom. The Labute approximate surface area is 206 Å². The van der Waals surface area contributed by atoms with Crippen LogP contribution in [0.1, 0.15) is 32.6 Å². The number of nitrogens with zero attached hydrogens (tertiary/aromatic N) is 1. The first-order valence-corrected chi connectivity index (χ1v) is 12.3. The predicted molar refractivity (Wildman–Crippen MR) is 128 cm³/mol. The summed E-state index contributed by atoms with van der Waals surface area (Å²) in [7, 11) is 0. The van der Waals surface area contributed by atoms with E-state index in [1.807, 2.05) is 60.7 Å². The number of carbonyl (C=O) groups is 2. The van der Waals surface area contributed by atoms with Crippen molar-refractivity contribution in [2.24, 2.45) is 0 Å². The largest absolute Gasteiger partial charge is 0.388 e. The first-order chi connectivity index (χ1) is 17.1. The molecule has 1 N–H and O–H groups in total. The Bertz CT molecular complexity index is 1200.